The monoisotopic (exact) mass is 1560 g/mol. The van der Waals surface area contributed by atoms with E-state index in [0.29, 0.717) is 310 Å². The molecule has 0 aromatic heterocycles. The standard InChI is InChI=1S/C63H111F17O23/c1-81-12-13-83-16-17-85-20-21-87-24-25-89-28-29-91-32-33-93-36-37-95-40-41-97-44-45-99-48-49-101-52-53-103-55-54-102-51-50-100-47-46-98-43-42-96-39-38-94-35-34-92-31-30-90-27-26-88-23-22-86-19-18-84-15-14-82-11-9-7-5-3-2-4-6-8-10-56(64,65)57(66,67)58(68,69)59(70,71)60(72,73)61(74,75)62(76,77)63(78,79)80/h2-55H2,1H3. The summed E-state index contributed by atoms with van der Waals surface area (Å²) in [4.78, 5) is 0. The molecule has 0 radical (unpaired) electrons. The Hall–Kier alpha value is -2.11. The van der Waals surface area contributed by atoms with Gasteiger partial charge >= 0.3 is 47.6 Å². The largest absolute Gasteiger partial charge is 0.460 e. The van der Waals surface area contributed by atoms with E-state index in [1.807, 2.05) is 0 Å². The summed E-state index contributed by atoms with van der Waals surface area (Å²) in [6.45, 7) is 19.5. The van der Waals surface area contributed by atoms with Crippen molar-refractivity contribution >= 4 is 0 Å². The Morgan fingerprint density at radius 3 is 0.456 bits per heavy atom. The summed E-state index contributed by atoms with van der Waals surface area (Å²) in [7, 11) is 1.63. The second kappa shape index (κ2) is 64.7. The van der Waals surface area contributed by atoms with Crippen LogP contribution in [-0.2, 0) is 109 Å². The van der Waals surface area contributed by atoms with Gasteiger partial charge in [0, 0.05) is 20.1 Å². The molecule has 0 fully saturated rings. The minimum atomic E-state index is -8.62. The zero-order valence-corrected chi connectivity index (χ0v) is 59.0. The van der Waals surface area contributed by atoms with Crippen molar-refractivity contribution in [3.8, 4) is 0 Å². The average molecular weight is 1560 g/mol. The van der Waals surface area contributed by atoms with E-state index in [0.717, 1.165) is 0 Å². The average Bonchev–Trinajstić information content (AvgIpc) is 0.698. The van der Waals surface area contributed by atoms with Crippen molar-refractivity contribution < 1.29 is 184 Å². The highest BCUT2D eigenvalue weighted by Gasteiger charge is 2.95. The van der Waals surface area contributed by atoms with Gasteiger partial charge in [-0.2, -0.15) is 74.6 Å². The van der Waals surface area contributed by atoms with Gasteiger partial charge in [0.25, 0.3) is 0 Å². The van der Waals surface area contributed by atoms with Gasteiger partial charge < -0.3 is 109 Å². The zero-order valence-electron chi connectivity index (χ0n) is 59.0. The van der Waals surface area contributed by atoms with E-state index in [1.54, 1.807) is 7.11 Å². The van der Waals surface area contributed by atoms with Gasteiger partial charge in [-0.05, 0) is 12.8 Å². The maximum atomic E-state index is 14.1. The maximum Gasteiger partial charge on any atom is 0.460 e. The van der Waals surface area contributed by atoms with Crippen molar-refractivity contribution in [1.29, 1.82) is 0 Å². The van der Waals surface area contributed by atoms with Gasteiger partial charge in [0.2, 0.25) is 0 Å². The van der Waals surface area contributed by atoms with Crippen molar-refractivity contribution in [2.75, 3.05) is 304 Å². The Balaban J connectivity index is 3.37. The molecule has 0 aliphatic rings. The van der Waals surface area contributed by atoms with Crippen LogP contribution in [0.5, 0.6) is 0 Å². The fraction of sp³-hybridized carbons (Fsp3) is 1.00. The van der Waals surface area contributed by atoms with E-state index in [-0.39, 0.29) is 26.1 Å². The lowest BCUT2D eigenvalue weighted by molar-refractivity contribution is -0.461. The molecule has 0 bridgehead atoms. The van der Waals surface area contributed by atoms with Gasteiger partial charge in [-0.25, -0.2) is 0 Å². The molecule has 0 aliphatic carbocycles. The van der Waals surface area contributed by atoms with E-state index >= 15 is 0 Å². The Morgan fingerprint density at radius 2 is 0.282 bits per heavy atom. The summed E-state index contributed by atoms with van der Waals surface area (Å²) in [5.41, 5.74) is 0. The number of hydrogen-bond acceptors (Lipinski definition) is 23. The molecular formula is C63H111F17O23. The first-order chi connectivity index (χ1) is 49.3. The molecule has 0 saturated carbocycles. The Morgan fingerprint density at radius 1 is 0.146 bits per heavy atom. The molecule has 620 valence electrons. The predicted octanol–water partition coefficient (Wildman–Crippen LogP) is 9.52. The molecule has 0 N–H and O–H groups in total. The predicted molar refractivity (Wildman–Crippen MR) is 332 cm³/mol. The molecule has 0 atom stereocenters. The molecule has 40 heteroatoms. The lowest BCUT2D eigenvalue weighted by Gasteiger charge is -2.42. The molecule has 0 aromatic carbocycles. The molecule has 0 rings (SSSR count). The minimum absolute atomic E-state index is 0.0101. The first kappa shape index (κ1) is 101. The molecule has 0 saturated heterocycles. The van der Waals surface area contributed by atoms with Gasteiger partial charge in [0.05, 0.1) is 291 Å². The number of halogens is 17. The number of unbranched alkanes of at least 4 members (excludes halogenated alkanes) is 7. The fourth-order valence-electron chi connectivity index (χ4n) is 7.83. The Bertz CT molecular complexity index is 1840. The summed E-state index contributed by atoms with van der Waals surface area (Å²) in [6.07, 6.45) is -9.12. The highest BCUT2D eigenvalue weighted by atomic mass is 19.4. The summed E-state index contributed by atoms with van der Waals surface area (Å²) < 4.78 is 354. The second-order valence-corrected chi connectivity index (χ2v) is 21.7. The molecule has 0 spiro atoms. The van der Waals surface area contributed by atoms with Crippen molar-refractivity contribution in [3.63, 3.8) is 0 Å². The number of rotatable bonds is 83. The van der Waals surface area contributed by atoms with Gasteiger partial charge in [-0.1, -0.05) is 38.5 Å². The van der Waals surface area contributed by atoms with Crippen molar-refractivity contribution in [2.24, 2.45) is 0 Å². The van der Waals surface area contributed by atoms with E-state index in [2.05, 4.69) is 0 Å². The highest BCUT2D eigenvalue weighted by Crippen LogP contribution is 2.64. The molecule has 0 aliphatic heterocycles. The molecule has 103 heavy (non-hydrogen) atoms. The first-order valence-electron chi connectivity index (χ1n) is 34.2. The van der Waals surface area contributed by atoms with Crippen LogP contribution in [0.1, 0.15) is 57.8 Å². The molecule has 0 aromatic rings. The summed E-state index contributed by atoms with van der Waals surface area (Å²) in [5, 5.41) is 0. The summed E-state index contributed by atoms with van der Waals surface area (Å²) in [6, 6.07) is 0. The van der Waals surface area contributed by atoms with Gasteiger partial charge in [-0.3, -0.25) is 0 Å². The van der Waals surface area contributed by atoms with Crippen molar-refractivity contribution in [1.82, 2.24) is 0 Å². The van der Waals surface area contributed by atoms with E-state index in [1.165, 1.54) is 0 Å². The summed E-state index contributed by atoms with van der Waals surface area (Å²) >= 11 is 0. The van der Waals surface area contributed by atoms with E-state index in [9.17, 15) is 74.6 Å². The third kappa shape index (κ3) is 48.9. The maximum absolute atomic E-state index is 14.1. The fourth-order valence-corrected chi connectivity index (χ4v) is 7.83. The topological polar surface area (TPSA) is 212 Å². The molecule has 0 heterocycles. The first-order valence-corrected chi connectivity index (χ1v) is 34.2. The lowest BCUT2D eigenvalue weighted by Crippen LogP contribution is -2.74. The molecule has 0 amide bonds. The number of methoxy groups -OCH3 is 1. The zero-order chi connectivity index (χ0) is 76.4. The van der Waals surface area contributed by atoms with Crippen LogP contribution in [0.2, 0.25) is 0 Å². The lowest BCUT2D eigenvalue weighted by atomic mass is 9.87. The normalized spacial score (nSPS) is 13.2. The quantitative estimate of drug-likeness (QED) is 0.0410. The van der Waals surface area contributed by atoms with Gasteiger partial charge in [0.15, 0.2) is 0 Å². The van der Waals surface area contributed by atoms with Crippen LogP contribution in [-0.4, -0.2) is 352 Å². The van der Waals surface area contributed by atoms with Crippen LogP contribution in [0.15, 0.2) is 0 Å². The second-order valence-electron chi connectivity index (χ2n) is 21.7. The van der Waals surface area contributed by atoms with E-state index in [4.69, 9.17) is 109 Å². The van der Waals surface area contributed by atoms with E-state index < -0.39 is 66.9 Å². The van der Waals surface area contributed by atoms with Crippen LogP contribution in [0, 0.1) is 0 Å². The Labute approximate surface area is 592 Å². The highest BCUT2D eigenvalue weighted by molar-refractivity contribution is 5.15. The minimum Gasteiger partial charge on any atom is -0.382 e. The Kier molecular flexibility index (Phi) is 63.4. The smallest absolute Gasteiger partial charge is 0.382 e. The van der Waals surface area contributed by atoms with Crippen molar-refractivity contribution in [3.05, 3.63) is 0 Å². The van der Waals surface area contributed by atoms with Crippen LogP contribution in [0.4, 0.5) is 74.6 Å². The number of ether oxygens (including phenoxy) is 23. The SMILES string of the molecule is COCCOCCOCCOCCOCCOCCOCCOCCOCCOCCOCCOCCOCCOCCOCCOCCOCCOCCOCCOCCOCCOCCOCCCCCCCCCCC(F)(F)C(F)(F)C(F)(F)C(F)(F)C(F)(F)C(F)(F)C(F)(F)C(F)(F)F. The summed E-state index contributed by atoms with van der Waals surface area (Å²) in [5.74, 6) is -56.1. The van der Waals surface area contributed by atoms with Gasteiger partial charge in [-0.15, -0.1) is 0 Å². The number of alkyl halides is 17. The van der Waals surface area contributed by atoms with Crippen LogP contribution in [0.25, 0.3) is 0 Å². The number of hydrogen-bond donors (Lipinski definition) is 0. The van der Waals surface area contributed by atoms with Crippen LogP contribution >= 0.6 is 0 Å². The molecular weight excluding hydrogens is 1450 g/mol. The van der Waals surface area contributed by atoms with Crippen LogP contribution < -0.4 is 0 Å². The van der Waals surface area contributed by atoms with Crippen molar-refractivity contribution in [2.45, 2.75) is 105 Å². The van der Waals surface area contributed by atoms with Crippen LogP contribution in [0.3, 0.4) is 0 Å². The molecule has 0 unspecified atom stereocenters. The van der Waals surface area contributed by atoms with Gasteiger partial charge in [0.1, 0.15) is 0 Å². The molecule has 23 nitrogen and oxygen atoms in total. The third-order valence-corrected chi connectivity index (χ3v) is 13.6. The third-order valence-electron chi connectivity index (χ3n) is 13.6.